The summed E-state index contributed by atoms with van der Waals surface area (Å²) in [7, 11) is -3.50. The molecule has 0 aliphatic carbocycles. The smallest absolute Gasteiger partial charge is 0.216 e. The average Bonchev–Trinajstić information content (AvgIpc) is 2.45. The predicted molar refractivity (Wildman–Crippen MR) is 78.7 cm³/mol. The number of para-hydroxylation sites is 1. The Labute approximate surface area is 118 Å². The molecule has 1 atom stereocenters. The fraction of sp³-hybridized carbons (Fsp3) is 0.357. The number of rotatable bonds is 6. The van der Waals surface area contributed by atoms with Crippen LogP contribution < -0.4 is 4.72 Å². The number of nitrogens with one attached hydrogen (secondary N) is 1. The second kappa shape index (κ2) is 6.30. The van der Waals surface area contributed by atoms with Crippen LogP contribution in [0, 0.1) is 0 Å². The van der Waals surface area contributed by atoms with Gasteiger partial charge in [0.25, 0.3) is 0 Å². The molecule has 0 amide bonds. The number of aromatic nitrogens is 1. The standard InChI is InChI=1S/C14H18N2O3S/c1-2-13(9-17)16-20(18,19)10-12-6-3-5-11-7-4-8-15-14(11)12/h3-8,13,16-17H,2,9-10H2,1H3. The van der Waals surface area contributed by atoms with Gasteiger partial charge >= 0.3 is 0 Å². The average molecular weight is 294 g/mol. The van der Waals surface area contributed by atoms with Crippen molar-refractivity contribution in [2.24, 2.45) is 0 Å². The number of sulfonamides is 1. The van der Waals surface area contributed by atoms with E-state index >= 15 is 0 Å². The van der Waals surface area contributed by atoms with E-state index < -0.39 is 16.1 Å². The monoisotopic (exact) mass is 294 g/mol. The second-order valence-electron chi connectivity index (χ2n) is 4.66. The third-order valence-electron chi connectivity index (χ3n) is 3.12. The van der Waals surface area contributed by atoms with Crippen molar-refractivity contribution in [3.63, 3.8) is 0 Å². The van der Waals surface area contributed by atoms with E-state index in [0.29, 0.717) is 17.5 Å². The fourth-order valence-electron chi connectivity index (χ4n) is 2.03. The zero-order valence-corrected chi connectivity index (χ0v) is 12.1. The van der Waals surface area contributed by atoms with Crippen LogP contribution in [0.5, 0.6) is 0 Å². The first-order valence-electron chi connectivity index (χ1n) is 6.49. The number of hydrogen-bond acceptors (Lipinski definition) is 4. The highest BCUT2D eigenvalue weighted by molar-refractivity contribution is 7.88. The van der Waals surface area contributed by atoms with Crippen LogP contribution in [0.3, 0.4) is 0 Å². The first-order valence-corrected chi connectivity index (χ1v) is 8.14. The molecule has 0 aliphatic rings. The van der Waals surface area contributed by atoms with Crippen molar-refractivity contribution in [1.82, 2.24) is 9.71 Å². The molecule has 0 bridgehead atoms. The Morgan fingerprint density at radius 2 is 2.05 bits per heavy atom. The van der Waals surface area contributed by atoms with Crippen molar-refractivity contribution >= 4 is 20.9 Å². The minimum Gasteiger partial charge on any atom is -0.395 e. The largest absolute Gasteiger partial charge is 0.395 e. The molecule has 108 valence electrons. The molecule has 0 saturated carbocycles. The zero-order valence-electron chi connectivity index (χ0n) is 11.3. The van der Waals surface area contributed by atoms with Crippen LogP contribution >= 0.6 is 0 Å². The van der Waals surface area contributed by atoms with E-state index in [1.807, 2.05) is 31.2 Å². The summed E-state index contributed by atoms with van der Waals surface area (Å²) < 4.78 is 26.7. The number of fused-ring (bicyclic) bond motifs is 1. The van der Waals surface area contributed by atoms with E-state index in [0.717, 1.165) is 5.39 Å². The summed E-state index contributed by atoms with van der Waals surface area (Å²) in [4.78, 5) is 4.24. The molecule has 0 saturated heterocycles. The summed E-state index contributed by atoms with van der Waals surface area (Å²) in [6.45, 7) is 1.62. The first-order chi connectivity index (χ1) is 9.55. The quantitative estimate of drug-likeness (QED) is 0.844. The Hall–Kier alpha value is -1.50. The minimum absolute atomic E-state index is 0.141. The third-order valence-corrected chi connectivity index (χ3v) is 4.50. The Morgan fingerprint density at radius 1 is 1.30 bits per heavy atom. The normalized spacial score (nSPS) is 13.5. The summed E-state index contributed by atoms with van der Waals surface area (Å²) >= 11 is 0. The van der Waals surface area contributed by atoms with Crippen molar-refractivity contribution in [2.75, 3.05) is 6.61 Å². The molecule has 0 spiro atoms. The summed E-state index contributed by atoms with van der Waals surface area (Å²) in [6, 6.07) is 8.75. The SMILES string of the molecule is CCC(CO)NS(=O)(=O)Cc1cccc2cccnc12. The second-order valence-corrected chi connectivity index (χ2v) is 6.41. The topological polar surface area (TPSA) is 79.3 Å². The number of pyridine rings is 1. The molecular weight excluding hydrogens is 276 g/mol. The van der Waals surface area contributed by atoms with Gasteiger partial charge in [0.1, 0.15) is 0 Å². The molecule has 1 heterocycles. The molecule has 5 nitrogen and oxygen atoms in total. The number of aliphatic hydroxyl groups is 1. The lowest BCUT2D eigenvalue weighted by Crippen LogP contribution is -2.37. The van der Waals surface area contributed by atoms with E-state index in [2.05, 4.69) is 9.71 Å². The summed E-state index contributed by atoms with van der Waals surface area (Å²) in [5.41, 5.74) is 1.35. The lowest BCUT2D eigenvalue weighted by Gasteiger charge is -2.14. The highest BCUT2D eigenvalue weighted by atomic mass is 32.2. The van der Waals surface area contributed by atoms with Gasteiger partial charge in [-0.3, -0.25) is 4.98 Å². The van der Waals surface area contributed by atoms with E-state index in [-0.39, 0.29) is 12.4 Å². The number of nitrogens with zero attached hydrogens (tertiary/aromatic N) is 1. The molecule has 2 N–H and O–H groups in total. The highest BCUT2D eigenvalue weighted by Crippen LogP contribution is 2.18. The molecular formula is C14H18N2O3S. The third kappa shape index (κ3) is 3.53. The van der Waals surface area contributed by atoms with E-state index in [4.69, 9.17) is 5.11 Å². The van der Waals surface area contributed by atoms with Gasteiger partial charge < -0.3 is 5.11 Å². The maximum atomic E-state index is 12.1. The first kappa shape index (κ1) is 14.9. The van der Waals surface area contributed by atoms with Crippen LogP contribution in [0.25, 0.3) is 10.9 Å². The van der Waals surface area contributed by atoms with Crippen LogP contribution in [0.4, 0.5) is 0 Å². The molecule has 1 aromatic heterocycles. The van der Waals surface area contributed by atoms with Crippen molar-refractivity contribution in [3.8, 4) is 0 Å². The van der Waals surface area contributed by atoms with Crippen LogP contribution in [0.1, 0.15) is 18.9 Å². The molecule has 0 aliphatic heterocycles. The van der Waals surface area contributed by atoms with Crippen molar-refractivity contribution in [3.05, 3.63) is 42.1 Å². The van der Waals surface area contributed by atoms with Gasteiger partial charge in [-0.25, -0.2) is 13.1 Å². The molecule has 20 heavy (non-hydrogen) atoms. The minimum atomic E-state index is -3.50. The van der Waals surface area contributed by atoms with Gasteiger partial charge in [-0.2, -0.15) is 0 Å². The Balaban J connectivity index is 2.27. The van der Waals surface area contributed by atoms with Gasteiger partial charge in [-0.15, -0.1) is 0 Å². The Bertz CT molecular complexity index is 676. The number of hydrogen-bond donors (Lipinski definition) is 2. The highest BCUT2D eigenvalue weighted by Gasteiger charge is 2.18. The van der Waals surface area contributed by atoms with Crippen LogP contribution in [-0.4, -0.2) is 31.2 Å². The van der Waals surface area contributed by atoms with Gasteiger partial charge in [-0.1, -0.05) is 31.2 Å². The fourth-order valence-corrected chi connectivity index (χ4v) is 3.51. The van der Waals surface area contributed by atoms with E-state index in [1.165, 1.54) is 0 Å². The van der Waals surface area contributed by atoms with E-state index in [1.54, 1.807) is 12.3 Å². The number of aliphatic hydroxyl groups excluding tert-OH is 1. The van der Waals surface area contributed by atoms with Crippen LogP contribution in [-0.2, 0) is 15.8 Å². The van der Waals surface area contributed by atoms with Gasteiger partial charge in [-0.05, 0) is 18.1 Å². The van der Waals surface area contributed by atoms with Crippen LogP contribution in [0.2, 0.25) is 0 Å². The Morgan fingerprint density at radius 3 is 2.75 bits per heavy atom. The summed E-state index contributed by atoms with van der Waals surface area (Å²) in [5, 5.41) is 10.00. The zero-order chi connectivity index (χ0) is 14.6. The number of benzene rings is 1. The van der Waals surface area contributed by atoms with Gasteiger partial charge in [0.05, 0.1) is 17.9 Å². The molecule has 2 aromatic rings. The molecule has 1 aromatic carbocycles. The summed E-state index contributed by atoms with van der Waals surface area (Å²) in [5.74, 6) is -0.141. The van der Waals surface area contributed by atoms with Gasteiger partial charge in [0.2, 0.25) is 10.0 Å². The van der Waals surface area contributed by atoms with Gasteiger partial charge in [0.15, 0.2) is 0 Å². The van der Waals surface area contributed by atoms with Gasteiger partial charge in [0, 0.05) is 17.6 Å². The predicted octanol–water partition coefficient (Wildman–Crippen LogP) is 1.43. The molecule has 1 unspecified atom stereocenters. The Kier molecular flexibility index (Phi) is 4.69. The molecule has 2 rings (SSSR count). The van der Waals surface area contributed by atoms with Crippen molar-refractivity contribution in [2.45, 2.75) is 25.1 Å². The van der Waals surface area contributed by atoms with Crippen molar-refractivity contribution < 1.29 is 13.5 Å². The van der Waals surface area contributed by atoms with Crippen molar-refractivity contribution in [1.29, 1.82) is 0 Å². The maximum Gasteiger partial charge on any atom is 0.216 e. The molecule has 0 fully saturated rings. The molecule has 6 heteroatoms. The molecule has 0 radical (unpaired) electrons. The van der Waals surface area contributed by atoms with E-state index in [9.17, 15) is 8.42 Å². The lowest BCUT2D eigenvalue weighted by molar-refractivity contribution is 0.254. The summed E-state index contributed by atoms with van der Waals surface area (Å²) in [6.07, 6.45) is 2.19. The lowest BCUT2D eigenvalue weighted by atomic mass is 10.1. The van der Waals surface area contributed by atoms with Crippen LogP contribution in [0.15, 0.2) is 36.5 Å². The maximum absolute atomic E-state index is 12.1.